The Hall–Kier alpha value is -1.36. The van der Waals surface area contributed by atoms with Gasteiger partial charge < -0.3 is 5.11 Å². The Balaban J connectivity index is 2.31. The van der Waals surface area contributed by atoms with Gasteiger partial charge in [-0.15, -0.1) is 0 Å². The first-order valence-corrected chi connectivity index (χ1v) is 8.68. The second-order valence-corrected chi connectivity index (χ2v) is 7.44. The summed E-state index contributed by atoms with van der Waals surface area (Å²) in [4.78, 5) is 11.3. The van der Waals surface area contributed by atoms with Crippen LogP contribution in [0.5, 0.6) is 0 Å². The molecule has 0 heterocycles. The number of aryl methyl sites for hydroxylation is 1. The van der Waals surface area contributed by atoms with Gasteiger partial charge in [-0.1, -0.05) is 25.8 Å². The average molecular weight is 296 g/mol. The zero-order valence-electron chi connectivity index (χ0n) is 11.6. The smallest absolute Gasteiger partial charge is 0.336 e. The first kappa shape index (κ1) is 15.0. The summed E-state index contributed by atoms with van der Waals surface area (Å²) in [7, 11) is -3.39. The quantitative estimate of drug-likeness (QED) is 0.907. The van der Waals surface area contributed by atoms with Crippen molar-refractivity contribution in [1.29, 1.82) is 0 Å². The number of benzene rings is 1. The van der Waals surface area contributed by atoms with Crippen LogP contribution in [0.1, 0.15) is 48.5 Å². The number of carbonyl (C=O) groups is 1. The fraction of sp³-hybridized carbons (Fsp3) is 0.533. The first-order valence-electron chi connectivity index (χ1n) is 7.03. The van der Waals surface area contributed by atoms with Crippen LogP contribution in [0.4, 0.5) is 0 Å². The maximum Gasteiger partial charge on any atom is 0.336 e. The summed E-state index contributed by atoms with van der Waals surface area (Å²) in [6, 6.07) is 4.46. The van der Waals surface area contributed by atoms with E-state index >= 15 is 0 Å². The van der Waals surface area contributed by atoms with Crippen LogP contribution in [0.25, 0.3) is 0 Å². The molecule has 5 heteroatoms. The highest BCUT2D eigenvalue weighted by atomic mass is 32.2. The van der Waals surface area contributed by atoms with Crippen LogP contribution >= 0.6 is 0 Å². The largest absolute Gasteiger partial charge is 0.478 e. The molecule has 1 aliphatic carbocycles. The average Bonchev–Trinajstić information content (AvgIpc) is 2.89. The van der Waals surface area contributed by atoms with Crippen molar-refractivity contribution in [2.24, 2.45) is 5.92 Å². The second-order valence-electron chi connectivity index (χ2n) is 5.41. The Kier molecular flexibility index (Phi) is 4.48. The molecule has 0 bridgehead atoms. The second kappa shape index (κ2) is 5.95. The molecule has 110 valence electrons. The lowest BCUT2D eigenvalue weighted by atomic mass is 10.1. The predicted octanol–water partition coefficient (Wildman–Crippen LogP) is 2.91. The number of hydrogen-bond donors (Lipinski definition) is 1. The van der Waals surface area contributed by atoms with Gasteiger partial charge in [-0.2, -0.15) is 0 Å². The molecule has 0 aromatic heterocycles. The number of carboxylic acid groups (broad SMARTS) is 1. The molecule has 0 spiro atoms. The van der Waals surface area contributed by atoms with Crippen molar-refractivity contribution in [1.82, 2.24) is 0 Å². The number of aromatic carboxylic acids is 1. The number of carboxylic acids is 1. The van der Waals surface area contributed by atoms with E-state index in [1.165, 1.54) is 12.1 Å². The predicted molar refractivity (Wildman–Crippen MR) is 76.8 cm³/mol. The lowest BCUT2D eigenvalue weighted by Gasteiger charge is -2.12. The number of sulfone groups is 1. The molecule has 1 N–H and O–H groups in total. The summed E-state index contributed by atoms with van der Waals surface area (Å²) >= 11 is 0. The lowest BCUT2D eigenvalue weighted by Crippen LogP contribution is -2.15. The summed E-state index contributed by atoms with van der Waals surface area (Å²) < 4.78 is 24.7. The van der Waals surface area contributed by atoms with E-state index in [9.17, 15) is 18.3 Å². The van der Waals surface area contributed by atoms with Crippen LogP contribution in [-0.4, -0.2) is 25.2 Å². The highest BCUT2D eigenvalue weighted by Gasteiger charge is 2.25. The molecular formula is C15H20O4S. The SMILES string of the molecule is CCc1ccc(S(=O)(=O)CC2CCCC2)cc1C(=O)O. The van der Waals surface area contributed by atoms with Gasteiger partial charge in [-0.05, 0) is 42.9 Å². The van der Waals surface area contributed by atoms with Gasteiger partial charge in [0, 0.05) is 0 Å². The van der Waals surface area contributed by atoms with Gasteiger partial charge >= 0.3 is 5.97 Å². The molecule has 1 saturated carbocycles. The molecule has 2 rings (SSSR count). The van der Waals surface area contributed by atoms with E-state index in [1.54, 1.807) is 6.07 Å². The maximum absolute atomic E-state index is 12.4. The Morgan fingerprint density at radius 2 is 1.95 bits per heavy atom. The molecule has 1 aromatic carbocycles. The minimum Gasteiger partial charge on any atom is -0.478 e. The van der Waals surface area contributed by atoms with E-state index in [0.717, 1.165) is 25.7 Å². The van der Waals surface area contributed by atoms with Crippen molar-refractivity contribution in [2.75, 3.05) is 5.75 Å². The molecule has 1 aliphatic rings. The van der Waals surface area contributed by atoms with Gasteiger partial charge in [0.1, 0.15) is 0 Å². The van der Waals surface area contributed by atoms with E-state index in [2.05, 4.69) is 0 Å². The third kappa shape index (κ3) is 3.20. The standard InChI is InChI=1S/C15H20O4S/c1-2-12-7-8-13(9-14(12)15(16)17)20(18,19)10-11-5-3-4-6-11/h7-9,11H,2-6,10H2,1H3,(H,16,17). The number of hydrogen-bond acceptors (Lipinski definition) is 3. The summed E-state index contributed by atoms with van der Waals surface area (Å²) in [6.07, 6.45) is 4.67. The zero-order chi connectivity index (χ0) is 14.8. The van der Waals surface area contributed by atoms with Crippen molar-refractivity contribution in [3.8, 4) is 0 Å². The first-order chi connectivity index (χ1) is 9.44. The fourth-order valence-electron chi connectivity index (χ4n) is 2.84. The molecule has 1 aromatic rings. The Labute approximate surface area is 119 Å². The van der Waals surface area contributed by atoms with E-state index < -0.39 is 15.8 Å². The molecule has 0 atom stereocenters. The van der Waals surface area contributed by atoms with Gasteiger partial charge in [0.15, 0.2) is 9.84 Å². The van der Waals surface area contributed by atoms with Gasteiger partial charge in [0.05, 0.1) is 16.2 Å². The third-order valence-electron chi connectivity index (χ3n) is 3.98. The summed E-state index contributed by atoms with van der Waals surface area (Å²) in [6.45, 7) is 1.86. The molecule has 20 heavy (non-hydrogen) atoms. The summed E-state index contributed by atoms with van der Waals surface area (Å²) in [5, 5.41) is 9.18. The van der Waals surface area contributed by atoms with Crippen molar-refractivity contribution in [3.63, 3.8) is 0 Å². The molecule has 0 amide bonds. The molecule has 0 aliphatic heterocycles. The summed E-state index contributed by atoms with van der Waals surface area (Å²) in [5.74, 6) is -0.712. The Bertz CT molecular complexity index is 598. The van der Waals surface area contributed by atoms with E-state index in [-0.39, 0.29) is 22.1 Å². The zero-order valence-corrected chi connectivity index (χ0v) is 12.4. The molecule has 4 nitrogen and oxygen atoms in total. The minimum absolute atomic E-state index is 0.0972. The molecule has 0 unspecified atom stereocenters. The topological polar surface area (TPSA) is 71.4 Å². The lowest BCUT2D eigenvalue weighted by molar-refractivity contribution is 0.0695. The van der Waals surface area contributed by atoms with Crippen LogP contribution in [0, 0.1) is 5.92 Å². The van der Waals surface area contributed by atoms with Gasteiger partial charge in [-0.3, -0.25) is 0 Å². The Morgan fingerprint density at radius 1 is 1.30 bits per heavy atom. The van der Waals surface area contributed by atoms with Crippen LogP contribution in [0.2, 0.25) is 0 Å². The van der Waals surface area contributed by atoms with Crippen LogP contribution < -0.4 is 0 Å². The van der Waals surface area contributed by atoms with Crippen molar-refractivity contribution < 1.29 is 18.3 Å². The van der Waals surface area contributed by atoms with E-state index in [0.29, 0.717) is 12.0 Å². The van der Waals surface area contributed by atoms with Gasteiger partial charge in [0.25, 0.3) is 0 Å². The normalized spacial score (nSPS) is 16.4. The molecular weight excluding hydrogens is 276 g/mol. The number of rotatable bonds is 5. The molecule has 0 saturated heterocycles. The maximum atomic E-state index is 12.4. The van der Waals surface area contributed by atoms with Crippen LogP contribution in [0.15, 0.2) is 23.1 Å². The van der Waals surface area contributed by atoms with Crippen LogP contribution in [-0.2, 0) is 16.3 Å². The van der Waals surface area contributed by atoms with Crippen molar-refractivity contribution in [2.45, 2.75) is 43.9 Å². The minimum atomic E-state index is -3.39. The monoisotopic (exact) mass is 296 g/mol. The van der Waals surface area contributed by atoms with Gasteiger partial charge in [0.2, 0.25) is 0 Å². The molecule has 1 fully saturated rings. The van der Waals surface area contributed by atoms with E-state index in [4.69, 9.17) is 0 Å². The third-order valence-corrected chi connectivity index (χ3v) is 5.86. The van der Waals surface area contributed by atoms with Crippen LogP contribution in [0.3, 0.4) is 0 Å². The van der Waals surface area contributed by atoms with Gasteiger partial charge in [-0.25, -0.2) is 13.2 Å². The van der Waals surface area contributed by atoms with Crippen molar-refractivity contribution in [3.05, 3.63) is 29.3 Å². The molecule has 0 radical (unpaired) electrons. The van der Waals surface area contributed by atoms with Crippen molar-refractivity contribution >= 4 is 15.8 Å². The highest BCUT2D eigenvalue weighted by molar-refractivity contribution is 7.91. The fourth-order valence-corrected chi connectivity index (χ4v) is 4.56. The highest BCUT2D eigenvalue weighted by Crippen LogP contribution is 2.28. The Morgan fingerprint density at radius 3 is 2.50 bits per heavy atom. The summed E-state index contributed by atoms with van der Waals surface area (Å²) in [5.41, 5.74) is 0.761. The van der Waals surface area contributed by atoms with E-state index in [1.807, 2.05) is 6.92 Å².